The summed E-state index contributed by atoms with van der Waals surface area (Å²) in [5, 5.41) is 4.25. The summed E-state index contributed by atoms with van der Waals surface area (Å²) in [5.74, 6) is -1.95. The largest absolute Gasteiger partial charge is 0.464 e. The average Bonchev–Trinajstić information content (AvgIpc) is 2.96. The molecule has 0 aliphatic rings. The standard InChI is InChI=1S/C13H17NO5S2/c1-3-18-12(16)11(13(17)19-4-2)14-9(15)8-21-10-6-5-7-20-10/h5-7,11H,3-4,8H2,1-2H3,(H,14,15). The van der Waals surface area contributed by atoms with Crippen LogP contribution in [0.3, 0.4) is 0 Å². The van der Waals surface area contributed by atoms with Gasteiger partial charge >= 0.3 is 11.9 Å². The van der Waals surface area contributed by atoms with Crippen LogP contribution in [-0.2, 0) is 23.9 Å². The SMILES string of the molecule is CCOC(=O)C(NC(=O)CSc1cccs1)C(=O)OCC. The third-order valence-electron chi connectivity index (χ3n) is 2.19. The van der Waals surface area contributed by atoms with E-state index in [0.717, 1.165) is 4.21 Å². The Kier molecular flexibility index (Phi) is 7.84. The minimum atomic E-state index is -1.42. The number of ether oxygens (including phenoxy) is 2. The Morgan fingerprint density at radius 2 is 1.86 bits per heavy atom. The van der Waals surface area contributed by atoms with E-state index in [0.29, 0.717) is 0 Å². The van der Waals surface area contributed by atoms with Gasteiger partial charge in [-0.3, -0.25) is 4.79 Å². The van der Waals surface area contributed by atoms with Crippen molar-refractivity contribution < 1.29 is 23.9 Å². The van der Waals surface area contributed by atoms with Crippen molar-refractivity contribution in [3.63, 3.8) is 0 Å². The van der Waals surface area contributed by atoms with Gasteiger partial charge < -0.3 is 14.8 Å². The molecule has 116 valence electrons. The van der Waals surface area contributed by atoms with Crippen molar-refractivity contribution in [2.45, 2.75) is 24.1 Å². The summed E-state index contributed by atoms with van der Waals surface area (Å²) in [4.78, 5) is 35.2. The zero-order valence-electron chi connectivity index (χ0n) is 11.8. The molecule has 0 fully saturated rings. The van der Waals surface area contributed by atoms with E-state index in [2.05, 4.69) is 5.32 Å². The molecule has 0 aromatic carbocycles. The van der Waals surface area contributed by atoms with E-state index in [1.807, 2.05) is 17.5 Å². The third-order valence-corrected chi connectivity index (χ3v) is 4.32. The maximum atomic E-state index is 11.8. The second kappa shape index (κ2) is 9.41. The van der Waals surface area contributed by atoms with E-state index in [1.54, 1.807) is 13.8 Å². The average molecular weight is 331 g/mol. The normalized spacial score (nSPS) is 10.2. The van der Waals surface area contributed by atoms with E-state index < -0.39 is 23.9 Å². The van der Waals surface area contributed by atoms with Crippen molar-refractivity contribution in [2.75, 3.05) is 19.0 Å². The molecule has 6 nitrogen and oxygen atoms in total. The molecule has 0 spiro atoms. The predicted octanol–water partition coefficient (Wildman–Crippen LogP) is 1.45. The summed E-state index contributed by atoms with van der Waals surface area (Å²) in [5.41, 5.74) is 0. The lowest BCUT2D eigenvalue weighted by molar-refractivity contribution is -0.159. The Hall–Kier alpha value is -1.54. The quantitative estimate of drug-likeness (QED) is 0.441. The highest BCUT2D eigenvalue weighted by Crippen LogP contribution is 2.22. The van der Waals surface area contributed by atoms with Crippen LogP contribution in [0.25, 0.3) is 0 Å². The lowest BCUT2D eigenvalue weighted by Gasteiger charge is -2.15. The minimum absolute atomic E-state index is 0.107. The molecule has 1 heterocycles. The number of carbonyl (C=O) groups excluding carboxylic acids is 3. The molecule has 0 saturated heterocycles. The topological polar surface area (TPSA) is 81.7 Å². The molecular formula is C13H17NO5S2. The Balaban J connectivity index is 2.55. The predicted molar refractivity (Wildman–Crippen MR) is 80.2 cm³/mol. The van der Waals surface area contributed by atoms with Crippen molar-refractivity contribution >= 4 is 40.9 Å². The van der Waals surface area contributed by atoms with Gasteiger partial charge in [-0.05, 0) is 25.3 Å². The monoisotopic (exact) mass is 331 g/mol. The van der Waals surface area contributed by atoms with E-state index in [1.165, 1.54) is 23.1 Å². The number of hydrogen-bond donors (Lipinski definition) is 1. The Morgan fingerprint density at radius 1 is 1.24 bits per heavy atom. The first-order chi connectivity index (χ1) is 10.1. The number of thiophene rings is 1. The van der Waals surface area contributed by atoms with Gasteiger partial charge in [-0.1, -0.05) is 6.07 Å². The highest BCUT2D eigenvalue weighted by Gasteiger charge is 2.31. The minimum Gasteiger partial charge on any atom is -0.464 e. The highest BCUT2D eigenvalue weighted by molar-refractivity contribution is 8.01. The summed E-state index contributed by atoms with van der Waals surface area (Å²) in [6, 6.07) is 2.35. The van der Waals surface area contributed by atoms with Gasteiger partial charge in [0.15, 0.2) is 0 Å². The van der Waals surface area contributed by atoms with Crippen LogP contribution in [0, 0.1) is 0 Å². The van der Waals surface area contributed by atoms with Crippen molar-refractivity contribution in [1.82, 2.24) is 5.32 Å². The van der Waals surface area contributed by atoms with Crippen LogP contribution < -0.4 is 5.32 Å². The summed E-state index contributed by atoms with van der Waals surface area (Å²) in [7, 11) is 0. The fourth-order valence-corrected chi connectivity index (χ4v) is 2.95. The second-order valence-electron chi connectivity index (χ2n) is 3.73. The fraction of sp³-hybridized carbons (Fsp3) is 0.462. The maximum Gasteiger partial charge on any atom is 0.340 e. The Bertz CT molecular complexity index is 457. The Labute approximate surface area is 131 Å². The van der Waals surface area contributed by atoms with Crippen LogP contribution in [-0.4, -0.2) is 42.9 Å². The van der Waals surface area contributed by atoms with E-state index >= 15 is 0 Å². The molecule has 0 radical (unpaired) electrons. The van der Waals surface area contributed by atoms with Gasteiger partial charge in [0.25, 0.3) is 0 Å². The van der Waals surface area contributed by atoms with E-state index in [9.17, 15) is 14.4 Å². The molecular weight excluding hydrogens is 314 g/mol. The Morgan fingerprint density at radius 3 is 2.33 bits per heavy atom. The lowest BCUT2D eigenvalue weighted by atomic mass is 10.3. The molecule has 8 heteroatoms. The van der Waals surface area contributed by atoms with E-state index in [-0.39, 0.29) is 19.0 Å². The molecule has 0 aliphatic carbocycles. The molecule has 0 bridgehead atoms. The molecule has 1 aromatic heterocycles. The summed E-state index contributed by atoms with van der Waals surface area (Å²) in [6.07, 6.45) is 0. The molecule has 1 amide bonds. The zero-order chi connectivity index (χ0) is 15.7. The summed E-state index contributed by atoms with van der Waals surface area (Å²) >= 11 is 2.84. The number of nitrogens with one attached hydrogen (secondary N) is 1. The molecule has 0 aliphatic heterocycles. The summed E-state index contributed by atoms with van der Waals surface area (Å²) < 4.78 is 10.5. The maximum absolute atomic E-state index is 11.8. The van der Waals surface area contributed by atoms with Gasteiger partial charge in [-0.2, -0.15) is 0 Å². The number of amides is 1. The second-order valence-corrected chi connectivity index (χ2v) is 5.95. The van der Waals surface area contributed by atoms with Crippen LogP contribution in [0.15, 0.2) is 21.7 Å². The molecule has 21 heavy (non-hydrogen) atoms. The molecule has 1 rings (SSSR count). The first-order valence-electron chi connectivity index (χ1n) is 6.37. The van der Waals surface area contributed by atoms with Gasteiger partial charge in [0.05, 0.1) is 23.2 Å². The van der Waals surface area contributed by atoms with E-state index in [4.69, 9.17) is 9.47 Å². The van der Waals surface area contributed by atoms with Crippen LogP contribution in [0.4, 0.5) is 0 Å². The number of thioether (sulfide) groups is 1. The molecule has 0 unspecified atom stereocenters. The molecule has 0 atom stereocenters. The van der Waals surface area contributed by atoms with Gasteiger partial charge in [-0.15, -0.1) is 23.1 Å². The van der Waals surface area contributed by atoms with Crippen LogP contribution in [0.5, 0.6) is 0 Å². The highest BCUT2D eigenvalue weighted by atomic mass is 32.2. The molecule has 1 N–H and O–H groups in total. The fourth-order valence-electron chi connectivity index (χ4n) is 1.35. The lowest BCUT2D eigenvalue weighted by Crippen LogP contribution is -2.48. The van der Waals surface area contributed by atoms with Gasteiger partial charge in [0, 0.05) is 0 Å². The zero-order valence-corrected chi connectivity index (χ0v) is 13.4. The van der Waals surface area contributed by atoms with Crippen molar-refractivity contribution in [3.05, 3.63) is 17.5 Å². The van der Waals surface area contributed by atoms with Crippen molar-refractivity contribution in [3.8, 4) is 0 Å². The van der Waals surface area contributed by atoms with Crippen LogP contribution in [0.1, 0.15) is 13.8 Å². The summed E-state index contributed by atoms with van der Waals surface area (Å²) in [6.45, 7) is 3.48. The van der Waals surface area contributed by atoms with Gasteiger partial charge in [0.1, 0.15) is 0 Å². The number of hydrogen-bond acceptors (Lipinski definition) is 7. The molecule has 1 aromatic rings. The van der Waals surface area contributed by atoms with Gasteiger partial charge in [0.2, 0.25) is 11.9 Å². The third kappa shape index (κ3) is 6.17. The number of esters is 2. The van der Waals surface area contributed by atoms with Crippen molar-refractivity contribution in [2.24, 2.45) is 0 Å². The number of rotatable bonds is 8. The van der Waals surface area contributed by atoms with Crippen LogP contribution in [0.2, 0.25) is 0 Å². The first-order valence-corrected chi connectivity index (χ1v) is 8.23. The van der Waals surface area contributed by atoms with Gasteiger partial charge in [-0.25, -0.2) is 9.59 Å². The van der Waals surface area contributed by atoms with Crippen molar-refractivity contribution in [1.29, 1.82) is 0 Å². The molecule has 0 saturated carbocycles. The smallest absolute Gasteiger partial charge is 0.340 e. The first kappa shape index (κ1) is 17.5. The van der Waals surface area contributed by atoms with Crippen LogP contribution >= 0.6 is 23.1 Å². The number of carbonyl (C=O) groups is 3.